The smallest absolute Gasteiger partial charge is 0.337 e. The average Bonchev–Trinajstić information content (AvgIpc) is 3.04. The molecule has 0 spiro atoms. The normalized spacial score (nSPS) is 12.5. The third-order valence-electron chi connectivity index (χ3n) is 4.90. The molecule has 3 amide bonds. The van der Waals surface area contributed by atoms with Gasteiger partial charge in [0.1, 0.15) is 11.6 Å². The first-order chi connectivity index (χ1) is 15.3. The van der Waals surface area contributed by atoms with Gasteiger partial charge in [-0.2, -0.15) is 0 Å². The molecule has 3 aromatic rings. The van der Waals surface area contributed by atoms with Gasteiger partial charge in [0.05, 0.1) is 35.2 Å². The lowest BCUT2D eigenvalue weighted by atomic mass is 10.1. The Hall–Kier alpha value is -4.53. The Balaban J connectivity index is 1.59. The number of phenols is 1. The Morgan fingerprint density at radius 1 is 0.906 bits per heavy atom. The maximum atomic E-state index is 13.2. The van der Waals surface area contributed by atoms with Gasteiger partial charge in [0.25, 0.3) is 17.7 Å². The van der Waals surface area contributed by atoms with E-state index >= 15 is 0 Å². The molecule has 0 atom stereocenters. The number of amides is 3. The second kappa shape index (κ2) is 7.95. The molecular formula is C23H15FN2O6. The van der Waals surface area contributed by atoms with E-state index < -0.39 is 29.5 Å². The molecule has 9 heteroatoms. The zero-order chi connectivity index (χ0) is 23.0. The molecule has 32 heavy (non-hydrogen) atoms. The van der Waals surface area contributed by atoms with Crippen molar-refractivity contribution in [1.29, 1.82) is 0 Å². The van der Waals surface area contributed by atoms with Crippen LogP contribution < -0.4 is 10.2 Å². The van der Waals surface area contributed by atoms with E-state index in [1.54, 1.807) is 0 Å². The Kier molecular flexibility index (Phi) is 5.15. The van der Waals surface area contributed by atoms with E-state index in [1.807, 2.05) is 0 Å². The Labute approximate surface area is 180 Å². The van der Waals surface area contributed by atoms with Gasteiger partial charge in [-0.1, -0.05) is 0 Å². The third kappa shape index (κ3) is 3.56. The topological polar surface area (TPSA) is 113 Å². The van der Waals surface area contributed by atoms with Gasteiger partial charge in [-0.15, -0.1) is 0 Å². The Morgan fingerprint density at radius 3 is 2.22 bits per heavy atom. The van der Waals surface area contributed by atoms with E-state index in [-0.39, 0.29) is 39.4 Å². The van der Waals surface area contributed by atoms with E-state index in [2.05, 4.69) is 10.1 Å². The number of benzene rings is 3. The highest BCUT2D eigenvalue weighted by Crippen LogP contribution is 2.30. The van der Waals surface area contributed by atoms with Crippen molar-refractivity contribution in [3.63, 3.8) is 0 Å². The number of ether oxygens (including phenoxy) is 1. The summed E-state index contributed by atoms with van der Waals surface area (Å²) in [5, 5.41) is 12.6. The summed E-state index contributed by atoms with van der Waals surface area (Å²) in [6.45, 7) is 0. The van der Waals surface area contributed by atoms with E-state index in [0.29, 0.717) is 0 Å². The summed E-state index contributed by atoms with van der Waals surface area (Å²) in [5.74, 6) is -3.38. The van der Waals surface area contributed by atoms with E-state index in [1.165, 1.54) is 49.6 Å². The molecule has 4 rings (SSSR count). The SMILES string of the molecule is COC(=O)c1ccc(NC(=O)c2ccc3c(c2)C(=O)N(c2ccc(F)cc2)C3=O)c(O)c1. The fraction of sp³-hybridized carbons (Fsp3) is 0.0435. The molecule has 1 aliphatic rings. The molecule has 0 fully saturated rings. The first-order valence-electron chi connectivity index (χ1n) is 9.31. The molecule has 1 aliphatic heterocycles. The summed E-state index contributed by atoms with van der Waals surface area (Å²) in [6, 6.07) is 12.7. The number of anilines is 2. The van der Waals surface area contributed by atoms with Gasteiger partial charge in [-0.3, -0.25) is 14.4 Å². The zero-order valence-corrected chi connectivity index (χ0v) is 16.6. The van der Waals surface area contributed by atoms with Crippen LogP contribution in [0.3, 0.4) is 0 Å². The van der Waals surface area contributed by atoms with Crippen LogP contribution in [0.1, 0.15) is 41.4 Å². The van der Waals surface area contributed by atoms with Crippen molar-refractivity contribution >= 4 is 35.1 Å². The number of fused-ring (bicyclic) bond motifs is 1. The number of imide groups is 1. The summed E-state index contributed by atoms with van der Waals surface area (Å²) >= 11 is 0. The van der Waals surface area contributed by atoms with Crippen LogP contribution in [0.15, 0.2) is 60.7 Å². The predicted octanol–water partition coefficient (Wildman–Crippen LogP) is 3.37. The number of phenolic OH excluding ortho intramolecular Hbond substituents is 1. The summed E-state index contributed by atoms with van der Waals surface area (Å²) < 4.78 is 17.8. The van der Waals surface area contributed by atoms with Crippen molar-refractivity contribution in [3.8, 4) is 5.75 Å². The molecule has 0 saturated carbocycles. The molecule has 0 aliphatic carbocycles. The van der Waals surface area contributed by atoms with Crippen molar-refractivity contribution in [2.45, 2.75) is 0 Å². The van der Waals surface area contributed by atoms with Crippen molar-refractivity contribution in [1.82, 2.24) is 0 Å². The van der Waals surface area contributed by atoms with E-state index in [9.17, 15) is 28.7 Å². The van der Waals surface area contributed by atoms with Crippen LogP contribution in [0.2, 0.25) is 0 Å². The fourth-order valence-corrected chi connectivity index (χ4v) is 3.28. The molecule has 0 aromatic heterocycles. The van der Waals surface area contributed by atoms with E-state index in [0.717, 1.165) is 23.1 Å². The molecule has 3 aromatic carbocycles. The lowest BCUT2D eigenvalue weighted by molar-refractivity contribution is 0.0600. The van der Waals surface area contributed by atoms with Gasteiger partial charge >= 0.3 is 5.97 Å². The molecular weight excluding hydrogens is 419 g/mol. The number of hydrogen-bond donors (Lipinski definition) is 2. The molecule has 8 nitrogen and oxygen atoms in total. The number of nitrogens with zero attached hydrogens (tertiary/aromatic N) is 1. The van der Waals surface area contributed by atoms with Crippen LogP contribution in [0, 0.1) is 5.82 Å². The van der Waals surface area contributed by atoms with Crippen molar-refractivity contribution in [2.24, 2.45) is 0 Å². The Bertz CT molecular complexity index is 1290. The zero-order valence-electron chi connectivity index (χ0n) is 16.6. The van der Waals surface area contributed by atoms with Crippen molar-refractivity contribution in [2.75, 3.05) is 17.3 Å². The highest BCUT2D eigenvalue weighted by Gasteiger charge is 2.37. The van der Waals surface area contributed by atoms with Crippen LogP contribution in [0.5, 0.6) is 5.75 Å². The largest absolute Gasteiger partial charge is 0.506 e. The van der Waals surface area contributed by atoms with Gasteiger partial charge in [0.15, 0.2) is 0 Å². The minimum absolute atomic E-state index is 0.0252. The van der Waals surface area contributed by atoms with Crippen LogP contribution in [-0.4, -0.2) is 35.9 Å². The first-order valence-corrected chi connectivity index (χ1v) is 9.31. The number of methoxy groups -OCH3 is 1. The van der Waals surface area contributed by atoms with Crippen LogP contribution in [0.4, 0.5) is 15.8 Å². The van der Waals surface area contributed by atoms with Gasteiger partial charge in [-0.05, 0) is 60.7 Å². The van der Waals surface area contributed by atoms with Crippen molar-refractivity contribution < 1.29 is 33.4 Å². The number of carbonyl (C=O) groups excluding carboxylic acids is 4. The molecule has 1 heterocycles. The Morgan fingerprint density at radius 2 is 1.56 bits per heavy atom. The molecule has 160 valence electrons. The minimum Gasteiger partial charge on any atom is -0.506 e. The number of esters is 1. The van der Waals surface area contributed by atoms with E-state index in [4.69, 9.17) is 0 Å². The highest BCUT2D eigenvalue weighted by molar-refractivity contribution is 6.34. The van der Waals surface area contributed by atoms with Crippen LogP contribution in [-0.2, 0) is 4.74 Å². The maximum absolute atomic E-state index is 13.2. The number of hydrogen-bond acceptors (Lipinski definition) is 6. The maximum Gasteiger partial charge on any atom is 0.337 e. The number of carbonyl (C=O) groups is 4. The van der Waals surface area contributed by atoms with Crippen LogP contribution in [0.25, 0.3) is 0 Å². The lowest BCUT2D eigenvalue weighted by Crippen LogP contribution is -2.29. The number of rotatable bonds is 4. The predicted molar refractivity (Wildman–Crippen MR) is 111 cm³/mol. The minimum atomic E-state index is -0.648. The van der Waals surface area contributed by atoms with Gasteiger partial charge in [0, 0.05) is 5.56 Å². The molecule has 0 unspecified atom stereocenters. The van der Waals surface area contributed by atoms with Gasteiger partial charge in [-0.25, -0.2) is 14.1 Å². The number of nitrogens with one attached hydrogen (secondary N) is 1. The molecule has 0 radical (unpaired) electrons. The third-order valence-corrected chi connectivity index (χ3v) is 4.90. The average molecular weight is 434 g/mol. The monoisotopic (exact) mass is 434 g/mol. The number of halogens is 1. The summed E-state index contributed by atoms with van der Waals surface area (Å²) in [6.07, 6.45) is 0. The molecule has 0 saturated heterocycles. The fourth-order valence-electron chi connectivity index (χ4n) is 3.28. The van der Waals surface area contributed by atoms with Gasteiger partial charge < -0.3 is 15.2 Å². The van der Waals surface area contributed by atoms with Crippen LogP contribution >= 0.6 is 0 Å². The first kappa shape index (κ1) is 20.7. The quantitative estimate of drug-likeness (QED) is 0.370. The standard InChI is InChI=1S/C23H15FN2O6/c1-32-23(31)13-3-9-18(19(27)11-13)25-20(28)12-2-8-16-17(10-12)22(30)26(21(16)29)15-6-4-14(24)5-7-15/h2-11,27H,1H3,(H,25,28). The van der Waals surface area contributed by atoms with Crippen molar-refractivity contribution in [3.05, 3.63) is 88.7 Å². The lowest BCUT2D eigenvalue weighted by Gasteiger charge is -2.13. The molecule has 2 N–H and O–H groups in total. The molecule has 0 bridgehead atoms. The van der Waals surface area contributed by atoms with Gasteiger partial charge in [0.2, 0.25) is 0 Å². The number of aromatic hydroxyl groups is 1. The summed E-state index contributed by atoms with van der Waals surface area (Å²) in [7, 11) is 1.20. The summed E-state index contributed by atoms with van der Waals surface area (Å²) in [4.78, 5) is 50.6. The summed E-state index contributed by atoms with van der Waals surface area (Å²) in [5.41, 5.74) is 0.559. The second-order valence-corrected chi connectivity index (χ2v) is 6.86. The highest BCUT2D eigenvalue weighted by atomic mass is 19.1. The second-order valence-electron chi connectivity index (χ2n) is 6.86.